The Morgan fingerprint density at radius 3 is 1.19 bits per heavy atom. The lowest BCUT2D eigenvalue weighted by Crippen LogP contribution is -2.58. The van der Waals surface area contributed by atoms with E-state index in [1.807, 2.05) is 0 Å². The lowest BCUT2D eigenvalue weighted by Gasteiger charge is -2.48. The molecule has 0 bridgehead atoms. The van der Waals surface area contributed by atoms with Crippen molar-refractivity contribution in [1.29, 1.82) is 0 Å². The Bertz CT molecular complexity index is 1370. The van der Waals surface area contributed by atoms with Crippen molar-refractivity contribution in [2.45, 2.75) is 206 Å². The quantitative estimate of drug-likeness (QED) is 0.0370. The number of ether oxygens (including phenoxy) is 3. The predicted molar refractivity (Wildman–Crippen MR) is 309 cm³/mol. The van der Waals surface area contributed by atoms with Crippen LogP contribution in [0.4, 0.5) is 0 Å². The van der Waals surface area contributed by atoms with Gasteiger partial charge < -0.3 is 51.3 Å². The Kier molecular flexibility index (Phi) is 28.9. The van der Waals surface area contributed by atoms with E-state index in [-0.39, 0.29) is 26.8 Å². The highest BCUT2D eigenvalue weighted by molar-refractivity contribution is 6.91. The topological polar surface area (TPSA) is 150 Å². The van der Waals surface area contributed by atoms with Crippen LogP contribution in [0.1, 0.15) is 95.9 Å². The summed E-state index contributed by atoms with van der Waals surface area (Å²) in [5.74, 6) is 0. The molecule has 3 saturated heterocycles. The molecule has 0 spiro atoms. The third-order valence-corrected chi connectivity index (χ3v) is 48.0. The standard InChI is InChI=1S/C25H58N2O5Si3.C19H44O4Si3.C6H14N2O/c1-24(2,3)33(7,8)31-35(11,32-34(9,10)25(4,5)6)20-12-19-30-22-23(29)21-27-15-13-26(14-16-27)17-18-28;1-18(2,3)24(7,8)22-26(11,23-25(9,10)19(4,5)6)14-12-13-20-15-17-16-21-17;9-6-5-8-3-1-7-2-4-8/h23,28-29H,12-22H2,1-11H3;17H,12-16H2,1-11H3;7,9H,1-6H2. The number of piperazine rings is 2. The molecule has 3 rings (SSSR count). The normalized spacial score (nSPS) is 19.6. The lowest BCUT2D eigenvalue weighted by atomic mass is 10.2. The first kappa shape index (κ1) is 68.8. The van der Waals surface area contributed by atoms with Gasteiger partial charge in [-0.1, -0.05) is 83.1 Å². The Labute approximate surface area is 438 Å². The van der Waals surface area contributed by atoms with E-state index in [0.29, 0.717) is 32.5 Å². The summed E-state index contributed by atoms with van der Waals surface area (Å²) in [4.78, 5) is 6.81. The number of aliphatic hydroxyl groups excluding tert-OH is 3. The van der Waals surface area contributed by atoms with E-state index in [0.717, 1.165) is 110 Å². The molecule has 4 N–H and O–H groups in total. The fraction of sp³-hybridized carbons (Fsp3) is 1.00. The van der Waals surface area contributed by atoms with Crippen LogP contribution in [0.2, 0.25) is 97.7 Å². The summed E-state index contributed by atoms with van der Waals surface area (Å²) in [6, 6.07) is 1.91. The molecule has 0 aromatic heterocycles. The molecule has 2 unspecified atom stereocenters. The van der Waals surface area contributed by atoms with Gasteiger partial charge in [-0.15, -0.1) is 0 Å². The second-order valence-corrected chi connectivity index (χ2v) is 53.7. The second kappa shape index (κ2) is 29.5. The average molecular weight is 1100 g/mol. The van der Waals surface area contributed by atoms with Crippen LogP contribution in [0.15, 0.2) is 0 Å². The van der Waals surface area contributed by atoms with Crippen molar-refractivity contribution < 1.29 is 46.0 Å². The predicted octanol–water partition coefficient (Wildman–Crippen LogP) is 9.27. The van der Waals surface area contributed by atoms with Crippen LogP contribution in [-0.2, 0) is 30.7 Å². The second-order valence-electron chi connectivity index (χ2n) is 26.9. The van der Waals surface area contributed by atoms with Gasteiger partial charge in [0.05, 0.1) is 39.1 Å². The fourth-order valence-corrected chi connectivity index (χ4v) is 33.8. The van der Waals surface area contributed by atoms with Crippen molar-refractivity contribution in [3.05, 3.63) is 0 Å². The molecular formula is C50H116N4O10Si6. The van der Waals surface area contributed by atoms with Crippen molar-refractivity contribution in [2.75, 3.05) is 118 Å². The maximum absolute atomic E-state index is 10.5. The molecule has 0 amide bonds. The zero-order chi connectivity index (χ0) is 54.1. The Morgan fingerprint density at radius 1 is 0.529 bits per heavy atom. The number of β-amino-alcohol motifs (C(OH)–C–C–N with tert-alkyl or cyclic N) is 3. The smallest absolute Gasteiger partial charge is 0.314 e. The molecular weight excluding hydrogens is 985 g/mol. The molecule has 70 heavy (non-hydrogen) atoms. The largest absolute Gasteiger partial charge is 0.436 e. The summed E-state index contributed by atoms with van der Waals surface area (Å²) in [6.45, 7) is 64.9. The van der Waals surface area contributed by atoms with Gasteiger partial charge in [-0.2, -0.15) is 0 Å². The molecule has 20 heteroatoms. The maximum Gasteiger partial charge on any atom is 0.314 e. The minimum atomic E-state index is -2.42. The summed E-state index contributed by atoms with van der Waals surface area (Å²) in [5, 5.41) is 32.0. The summed E-state index contributed by atoms with van der Waals surface area (Å²) in [6.07, 6.45) is 1.75. The summed E-state index contributed by atoms with van der Waals surface area (Å²) in [5.41, 5.74) is 0. The number of aliphatic hydroxyl groups is 3. The Hall–Kier alpha value is 0.741. The van der Waals surface area contributed by atoms with Crippen LogP contribution in [0.3, 0.4) is 0 Å². The molecule has 420 valence electrons. The SMILES string of the molecule is CC(C)(C)[Si](C)(C)O[Si](C)(CCCOCC(O)CN1CCN(CCO)CC1)O[Si](C)(C)C(C)(C)C.CC(C)(C)[Si](C)(C)O[Si](C)(CCCOCC1CO1)O[Si](C)(C)C(C)(C)C.OCCN1CCNCC1. The first-order valence-corrected chi connectivity index (χ1v) is 43.8. The van der Waals surface area contributed by atoms with Crippen LogP contribution in [0, 0.1) is 0 Å². The van der Waals surface area contributed by atoms with E-state index in [9.17, 15) is 5.11 Å². The van der Waals surface area contributed by atoms with E-state index < -0.39 is 56.5 Å². The maximum atomic E-state index is 10.5. The van der Waals surface area contributed by atoms with Crippen LogP contribution in [0.25, 0.3) is 0 Å². The van der Waals surface area contributed by atoms with Gasteiger partial charge in [-0.05, 0) is 111 Å². The fourth-order valence-electron chi connectivity index (χ4n) is 7.37. The molecule has 3 heterocycles. The Balaban J connectivity index is 0.000000608. The number of nitrogens with zero attached hydrogens (tertiary/aromatic N) is 3. The van der Waals surface area contributed by atoms with Gasteiger partial charge in [0.1, 0.15) is 6.10 Å². The van der Waals surface area contributed by atoms with Crippen molar-refractivity contribution in [1.82, 2.24) is 20.0 Å². The number of nitrogens with one attached hydrogen (secondary N) is 1. The van der Waals surface area contributed by atoms with Crippen LogP contribution < -0.4 is 5.32 Å². The molecule has 0 aromatic rings. The van der Waals surface area contributed by atoms with E-state index in [4.69, 9.17) is 40.9 Å². The third-order valence-electron chi connectivity index (χ3n) is 15.9. The summed E-state index contributed by atoms with van der Waals surface area (Å²) >= 11 is 0. The molecule has 3 aliphatic heterocycles. The van der Waals surface area contributed by atoms with Gasteiger partial charge in [0.2, 0.25) is 0 Å². The van der Waals surface area contributed by atoms with E-state index in [1.54, 1.807) is 0 Å². The molecule has 0 aromatic carbocycles. The molecule has 3 fully saturated rings. The minimum Gasteiger partial charge on any atom is -0.436 e. The van der Waals surface area contributed by atoms with E-state index in [1.165, 1.54) is 0 Å². The molecule has 2 atom stereocenters. The zero-order valence-electron chi connectivity index (χ0n) is 49.8. The number of epoxide rings is 1. The third kappa shape index (κ3) is 26.2. The van der Waals surface area contributed by atoms with Gasteiger partial charge in [-0.3, -0.25) is 14.7 Å². The molecule has 3 aliphatic rings. The first-order valence-electron chi connectivity index (χ1n) is 27.1. The zero-order valence-corrected chi connectivity index (χ0v) is 55.8. The van der Waals surface area contributed by atoms with Crippen molar-refractivity contribution in [2.24, 2.45) is 0 Å². The van der Waals surface area contributed by atoms with Crippen LogP contribution >= 0.6 is 0 Å². The minimum absolute atomic E-state index is 0.141. The van der Waals surface area contributed by atoms with E-state index in [2.05, 4.69) is 169 Å². The summed E-state index contributed by atoms with van der Waals surface area (Å²) < 4.78 is 44.9. The van der Waals surface area contributed by atoms with Crippen molar-refractivity contribution in [3.63, 3.8) is 0 Å². The highest BCUT2D eigenvalue weighted by Gasteiger charge is 2.51. The summed E-state index contributed by atoms with van der Waals surface area (Å²) in [7, 11) is -12.4. The first-order chi connectivity index (χ1) is 31.7. The van der Waals surface area contributed by atoms with Gasteiger partial charge in [-0.25, -0.2) is 0 Å². The van der Waals surface area contributed by atoms with Gasteiger partial charge in [0.15, 0.2) is 33.3 Å². The van der Waals surface area contributed by atoms with Crippen molar-refractivity contribution >= 4 is 50.4 Å². The molecule has 14 nitrogen and oxygen atoms in total. The highest BCUT2D eigenvalue weighted by Crippen LogP contribution is 2.45. The van der Waals surface area contributed by atoms with Crippen LogP contribution in [-0.4, -0.2) is 211 Å². The average Bonchev–Trinajstić information content (AvgIpc) is 4.01. The number of hydrogen-bond acceptors (Lipinski definition) is 14. The van der Waals surface area contributed by atoms with Crippen molar-refractivity contribution in [3.8, 4) is 0 Å². The van der Waals surface area contributed by atoms with Crippen LogP contribution in [0.5, 0.6) is 0 Å². The van der Waals surface area contributed by atoms with Gasteiger partial charge in [0, 0.05) is 85.2 Å². The Morgan fingerprint density at radius 2 is 0.857 bits per heavy atom. The highest BCUT2D eigenvalue weighted by atomic mass is 28.5. The molecule has 0 aliphatic carbocycles. The number of rotatable bonds is 26. The van der Waals surface area contributed by atoms with Gasteiger partial charge >= 0.3 is 17.1 Å². The van der Waals surface area contributed by atoms with E-state index >= 15 is 0 Å². The molecule has 0 radical (unpaired) electrons. The van der Waals surface area contributed by atoms with Gasteiger partial charge in [0.25, 0.3) is 0 Å². The monoisotopic (exact) mass is 1100 g/mol. The molecule has 0 saturated carbocycles. The number of hydrogen-bond donors (Lipinski definition) is 4. The lowest BCUT2D eigenvalue weighted by molar-refractivity contribution is 0.00605.